The summed E-state index contributed by atoms with van der Waals surface area (Å²) in [5, 5.41) is 8.67. The number of carboxylic acids is 1. The molecule has 0 aliphatic carbocycles. The van der Waals surface area contributed by atoms with E-state index in [9.17, 15) is 13.2 Å². The van der Waals surface area contributed by atoms with Gasteiger partial charge in [-0.05, 0) is 31.2 Å². The van der Waals surface area contributed by atoms with E-state index in [0.29, 0.717) is 0 Å². The van der Waals surface area contributed by atoms with Gasteiger partial charge in [-0.25, -0.2) is 13.2 Å². The topological polar surface area (TPSA) is 83.5 Å². The molecule has 0 saturated heterocycles. The summed E-state index contributed by atoms with van der Waals surface area (Å²) in [5.74, 6) is 1.12. The molecule has 0 spiro atoms. The highest BCUT2D eigenvalue weighted by Gasteiger charge is 2.16. The summed E-state index contributed by atoms with van der Waals surface area (Å²) in [7, 11) is -3.70. The molecular weight excluding hydrogens is 242 g/mol. The maximum atomic E-state index is 11.7. The fraction of sp³-hybridized carbons (Fsp3) is 0.182. The Balaban J connectivity index is 3.01. The fourth-order valence-corrected chi connectivity index (χ4v) is 2.28. The molecule has 1 aromatic carbocycles. The van der Waals surface area contributed by atoms with Gasteiger partial charge in [-0.1, -0.05) is 5.92 Å². The summed E-state index contributed by atoms with van der Waals surface area (Å²) in [5.41, 5.74) is 0.0222. The molecule has 0 aliphatic heterocycles. The van der Waals surface area contributed by atoms with Gasteiger partial charge in [0.2, 0.25) is 10.0 Å². The zero-order chi connectivity index (χ0) is 13.1. The van der Waals surface area contributed by atoms with Crippen LogP contribution in [0.1, 0.15) is 17.3 Å². The minimum atomic E-state index is -3.70. The number of hydrogen-bond acceptors (Lipinski definition) is 3. The monoisotopic (exact) mass is 253 g/mol. The van der Waals surface area contributed by atoms with Crippen LogP contribution in [-0.2, 0) is 10.0 Å². The number of carboxylic acid groups (broad SMARTS) is 1. The second kappa shape index (κ2) is 4.99. The van der Waals surface area contributed by atoms with Crippen LogP contribution in [0.25, 0.3) is 0 Å². The number of rotatable bonds is 4. The first kappa shape index (κ1) is 13.2. The molecule has 0 radical (unpaired) electrons. The minimum absolute atomic E-state index is 0.0222. The molecule has 17 heavy (non-hydrogen) atoms. The van der Waals surface area contributed by atoms with Crippen molar-refractivity contribution in [2.45, 2.75) is 17.9 Å². The zero-order valence-corrected chi connectivity index (χ0v) is 9.86. The van der Waals surface area contributed by atoms with Crippen molar-refractivity contribution in [3.8, 4) is 12.3 Å². The Hall–Kier alpha value is -1.84. The molecule has 0 amide bonds. The summed E-state index contributed by atoms with van der Waals surface area (Å²) in [6, 6.07) is 4.25. The van der Waals surface area contributed by atoms with Crippen LogP contribution in [-0.4, -0.2) is 25.5 Å². The normalized spacial score (nSPS) is 12.7. The molecule has 2 N–H and O–H groups in total. The van der Waals surface area contributed by atoms with Crippen molar-refractivity contribution in [2.24, 2.45) is 0 Å². The predicted molar refractivity (Wildman–Crippen MR) is 62.0 cm³/mol. The van der Waals surface area contributed by atoms with Crippen LogP contribution in [0.2, 0.25) is 0 Å². The number of sulfonamides is 1. The van der Waals surface area contributed by atoms with Crippen molar-refractivity contribution in [1.29, 1.82) is 0 Å². The number of nitrogens with one attached hydrogen (secondary N) is 1. The van der Waals surface area contributed by atoms with E-state index in [4.69, 9.17) is 11.5 Å². The third-order valence-electron chi connectivity index (χ3n) is 1.99. The lowest BCUT2D eigenvalue weighted by molar-refractivity contribution is 0.0696. The lowest BCUT2D eigenvalue weighted by atomic mass is 10.2. The van der Waals surface area contributed by atoms with E-state index in [1.165, 1.54) is 31.2 Å². The van der Waals surface area contributed by atoms with E-state index in [2.05, 4.69) is 10.6 Å². The Morgan fingerprint density at radius 3 is 2.35 bits per heavy atom. The SMILES string of the molecule is C#CC(C)NS(=O)(=O)c1ccc(C(=O)O)cc1. The van der Waals surface area contributed by atoms with Gasteiger partial charge < -0.3 is 5.11 Å². The van der Waals surface area contributed by atoms with Gasteiger partial charge in [0.1, 0.15) is 0 Å². The molecule has 1 unspecified atom stereocenters. The van der Waals surface area contributed by atoms with Crippen LogP contribution in [0.3, 0.4) is 0 Å². The van der Waals surface area contributed by atoms with E-state index >= 15 is 0 Å². The molecular formula is C11H11NO4S. The highest BCUT2D eigenvalue weighted by atomic mass is 32.2. The first-order valence-electron chi connectivity index (χ1n) is 4.68. The largest absolute Gasteiger partial charge is 0.478 e. The molecule has 0 fully saturated rings. The molecule has 1 atom stereocenters. The Morgan fingerprint density at radius 1 is 1.41 bits per heavy atom. The summed E-state index contributed by atoms with van der Waals surface area (Å²) in [4.78, 5) is 10.6. The van der Waals surface area contributed by atoms with Gasteiger partial charge in [-0.3, -0.25) is 0 Å². The maximum Gasteiger partial charge on any atom is 0.335 e. The number of benzene rings is 1. The van der Waals surface area contributed by atoms with E-state index in [1.807, 2.05) is 0 Å². The van der Waals surface area contributed by atoms with Gasteiger partial charge in [-0.2, -0.15) is 4.72 Å². The van der Waals surface area contributed by atoms with Crippen LogP contribution >= 0.6 is 0 Å². The molecule has 0 saturated carbocycles. The lowest BCUT2D eigenvalue weighted by Crippen LogP contribution is -2.31. The van der Waals surface area contributed by atoms with Crippen molar-refractivity contribution in [2.75, 3.05) is 0 Å². The Morgan fingerprint density at radius 2 is 1.94 bits per heavy atom. The number of terminal acetylenes is 1. The third kappa shape index (κ3) is 3.31. The summed E-state index contributed by atoms with van der Waals surface area (Å²) in [6.07, 6.45) is 5.07. The van der Waals surface area contributed by atoms with E-state index < -0.39 is 22.0 Å². The van der Waals surface area contributed by atoms with Gasteiger partial charge in [0.25, 0.3) is 0 Å². The van der Waals surface area contributed by atoms with Crippen LogP contribution in [0, 0.1) is 12.3 Å². The average Bonchev–Trinajstić information content (AvgIpc) is 2.28. The second-order valence-corrected chi connectivity index (χ2v) is 5.05. The molecule has 90 valence electrons. The molecule has 0 bridgehead atoms. The van der Waals surface area contributed by atoms with Crippen molar-refractivity contribution >= 4 is 16.0 Å². The summed E-state index contributed by atoms with van der Waals surface area (Å²) < 4.78 is 25.7. The third-order valence-corrected chi connectivity index (χ3v) is 3.55. The van der Waals surface area contributed by atoms with Gasteiger partial charge in [0.05, 0.1) is 16.5 Å². The first-order valence-corrected chi connectivity index (χ1v) is 6.17. The van der Waals surface area contributed by atoms with Crippen LogP contribution in [0.4, 0.5) is 0 Å². The van der Waals surface area contributed by atoms with Crippen molar-refractivity contribution in [1.82, 2.24) is 4.72 Å². The van der Waals surface area contributed by atoms with Crippen molar-refractivity contribution in [3.63, 3.8) is 0 Å². The van der Waals surface area contributed by atoms with Gasteiger partial charge in [0.15, 0.2) is 0 Å². The molecule has 5 nitrogen and oxygen atoms in total. The van der Waals surface area contributed by atoms with E-state index in [-0.39, 0.29) is 10.5 Å². The quantitative estimate of drug-likeness (QED) is 0.773. The second-order valence-electron chi connectivity index (χ2n) is 3.34. The maximum absolute atomic E-state index is 11.7. The number of aromatic carboxylic acids is 1. The van der Waals surface area contributed by atoms with Crippen LogP contribution < -0.4 is 4.72 Å². The molecule has 6 heteroatoms. The van der Waals surface area contributed by atoms with Gasteiger partial charge in [-0.15, -0.1) is 6.42 Å². The first-order chi connectivity index (χ1) is 7.86. The van der Waals surface area contributed by atoms with Crippen LogP contribution in [0.15, 0.2) is 29.2 Å². The summed E-state index contributed by atoms with van der Waals surface area (Å²) in [6.45, 7) is 1.53. The number of hydrogen-bond donors (Lipinski definition) is 2. The molecule has 1 rings (SSSR count). The Bertz CT molecular complexity index is 554. The van der Waals surface area contributed by atoms with E-state index in [0.717, 1.165) is 0 Å². The highest BCUT2D eigenvalue weighted by molar-refractivity contribution is 7.89. The lowest BCUT2D eigenvalue weighted by Gasteiger charge is -2.08. The standard InChI is InChI=1S/C11H11NO4S/c1-3-8(2)12-17(15,16)10-6-4-9(5-7-10)11(13)14/h1,4-8,12H,2H3,(H,13,14). The summed E-state index contributed by atoms with van der Waals surface area (Å²) >= 11 is 0. The molecule has 0 aromatic heterocycles. The van der Waals surface area contributed by atoms with Crippen molar-refractivity contribution in [3.05, 3.63) is 29.8 Å². The Labute approximate surface area is 99.5 Å². The minimum Gasteiger partial charge on any atom is -0.478 e. The van der Waals surface area contributed by atoms with Gasteiger partial charge in [0, 0.05) is 0 Å². The van der Waals surface area contributed by atoms with Crippen LogP contribution in [0.5, 0.6) is 0 Å². The average molecular weight is 253 g/mol. The highest BCUT2D eigenvalue weighted by Crippen LogP contribution is 2.11. The van der Waals surface area contributed by atoms with Crippen molar-refractivity contribution < 1.29 is 18.3 Å². The smallest absolute Gasteiger partial charge is 0.335 e. The predicted octanol–water partition coefficient (Wildman–Crippen LogP) is 0.685. The van der Waals surface area contributed by atoms with Gasteiger partial charge >= 0.3 is 5.97 Å². The fourth-order valence-electron chi connectivity index (χ4n) is 1.11. The molecule has 1 aromatic rings. The molecule has 0 aliphatic rings. The molecule has 0 heterocycles. The van der Waals surface area contributed by atoms with E-state index in [1.54, 1.807) is 0 Å². The number of carbonyl (C=O) groups is 1. The Kier molecular flexibility index (Phi) is 3.89. The zero-order valence-electron chi connectivity index (χ0n) is 9.04.